The highest BCUT2D eigenvalue weighted by Crippen LogP contribution is 2.29. The van der Waals surface area contributed by atoms with Crippen molar-refractivity contribution in [1.82, 2.24) is 15.1 Å². The summed E-state index contributed by atoms with van der Waals surface area (Å²) in [7, 11) is 0. The van der Waals surface area contributed by atoms with Crippen molar-refractivity contribution in [1.29, 1.82) is 0 Å². The summed E-state index contributed by atoms with van der Waals surface area (Å²) in [6, 6.07) is 7.40. The van der Waals surface area contributed by atoms with Gasteiger partial charge in [0, 0.05) is 23.0 Å². The van der Waals surface area contributed by atoms with Gasteiger partial charge in [0.2, 0.25) is 16.9 Å². The molecule has 8 heteroatoms. The molecule has 1 saturated heterocycles. The number of nitrogens with zero attached hydrogens (tertiary/aromatic N) is 3. The number of amides is 2. The van der Waals surface area contributed by atoms with Gasteiger partial charge in [-0.1, -0.05) is 78.4 Å². The average molecular weight is 493 g/mol. The number of carbonyl (C=O) groups is 2. The Morgan fingerprint density at radius 3 is 2.80 bits per heavy atom. The van der Waals surface area contributed by atoms with E-state index in [1.54, 1.807) is 4.90 Å². The summed E-state index contributed by atoms with van der Waals surface area (Å²) in [4.78, 5) is 27.2. The highest BCUT2D eigenvalue weighted by Gasteiger charge is 2.34. The van der Waals surface area contributed by atoms with Crippen molar-refractivity contribution in [2.75, 3.05) is 11.9 Å². The number of carbonyl (C=O) groups excluding carboxylic acids is 2. The fraction of sp³-hybridized carbons (Fsp3) is 0.545. The Morgan fingerprint density at radius 1 is 1.20 bits per heavy atom. The molecular weight excluding hydrogens is 464 g/mol. The van der Waals surface area contributed by atoms with Crippen LogP contribution in [0.1, 0.15) is 64.7 Å². The van der Waals surface area contributed by atoms with Gasteiger partial charge in [0.1, 0.15) is 11.0 Å². The minimum Gasteiger partial charge on any atom is -0.331 e. The lowest BCUT2D eigenvalue weighted by molar-refractivity contribution is -0.136. The standard InChI is InChI=1S/C22H29BrN4O2S/c1-2-3-4-5-6-7-13-19(28)27-14-9-12-18(27)20(29)24-22-26-25-21(30-22)16-10-8-11-17(23)15-16/h8,10-11,15,18H,2-7,9,12-14H2,1H3,(H,24,26,29). The number of hydrogen-bond donors (Lipinski definition) is 1. The molecule has 1 unspecified atom stereocenters. The number of halogens is 1. The van der Waals surface area contributed by atoms with Gasteiger partial charge >= 0.3 is 0 Å². The zero-order chi connectivity index (χ0) is 21.3. The first-order chi connectivity index (χ1) is 14.6. The van der Waals surface area contributed by atoms with Gasteiger partial charge in [0.15, 0.2) is 0 Å². The van der Waals surface area contributed by atoms with Crippen LogP contribution in [-0.4, -0.2) is 39.5 Å². The molecule has 1 N–H and O–H groups in total. The molecule has 2 heterocycles. The van der Waals surface area contributed by atoms with Crippen LogP contribution in [0.15, 0.2) is 28.7 Å². The Kier molecular flexibility index (Phi) is 8.81. The van der Waals surface area contributed by atoms with E-state index in [-0.39, 0.29) is 11.8 Å². The number of hydrogen-bond acceptors (Lipinski definition) is 5. The van der Waals surface area contributed by atoms with Crippen molar-refractivity contribution < 1.29 is 9.59 Å². The SMILES string of the molecule is CCCCCCCCC(=O)N1CCCC1C(=O)Nc1nnc(-c2cccc(Br)c2)s1. The Morgan fingerprint density at radius 2 is 2.00 bits per heavy atom. The second-order valence-electron chi connectivity index (χ2n) is 7.67. The first-order valence-corrected chi connectivity index (χ1v) is 12.4. The van der Waals surface area contributed by atoms with E-state index in [2.05, 4.69) is 38.4 Å². The number of rotatable bonds is 10. The maximum atomic E-state index is 12.8. The van der Waals surface area contributed by atoms with E-state index in [9.17, 15) is 9.59 Å². The molecule has 0 spiro atoms. The van der Waals surface area contributed by atoms with Crippen LogP contribution in [-0.2, 0) is 9.59 Å². The van der Waals surface area contributed by atoms with Gasteiger partial charge in [-0.3, -0.25) is 14.9 Å². The second kappa shape index (κ2) is 11.6. The summed E-state index contributed by atoms with van der Waals surface area (Å²) in [6.45, 7) is 2.86. The Balaban J connectivity index is 1.51. The van der Waals surface area contributed by atoms with Crippen molar-refractivity contribution in [2.24, 2.45) is 0 Å². The van der Waals surface area contributed by atoms with Crippen LogP contribution in [0.2, 0.25) is 0 Å². The lowest BCUT2D eigenvalue weighted by atomic mass is 10.1. The number of benzene rings is 1. The van der Waals surface area contributed by atoms with Crippen LogP contribution in [0, 0.1) is 0 Å². The second-order valence-corrected chi connectivity index (χ2v) is 9.57. The minimum absolute atomic E-state index is 0.0928. The fourth-order valence-electron chi connectivity index (χ4n) is 3.74. The molecule has 0 aliphatic carbocycles. The molecule has 6 nitrogen and oxygen atoms in total. The van der Waals surface area contributed by atoms with E-state index in [1.165, 1.54) is 37.0 Å². The van der Waals surface area contributed by atoms with Crippen LogP contribution in [0.25, 0.3) is 10.6 Å². The van der Waals surface area contributed by atoms with E-state index in [0.717, 1.165) is 34.3 Å². The fourth-order valence-corrected chi connectivity index (χ4v) is 4.88. The van der Waals surface area contributed by atoms with E-state index in [4.69, 9.17) is 0 Å². The Bertz CT molecular complexity index is 857. The molecule has 30 heavy (non-hydrogen) atoms. The van der Waals surface area contributed by atoms with Gasteiger partial charge in [0.25, 0.3) is 0 Å². The van der Waals surface area contributed by atoms with E-state index < -0.39 is 6.04 Å². The highest BCUT2D eigenvalue weighted by molar-refractivity contribution is 9.10. The lowest BCUT2D eigenvalue weighted by Gasteiger charge is -2.23. The predicted octanol–water partition coefficient (Wildman–Crippen LogP) is 5.65. The number of anilines is 1. The van der Waals surface area contributed by atoms with Crippen LogP contribution in [0.4, 0.5) is 5.13 Å². The van der Waals surface area contributed by atoms with Gasteiger partial charge in [0.05, 0.1) is 0 Å². The Labute approximate surface area is 190 Å². The average Bonchev–Trinajstić information content (AvgIpc) is 3.40. The zero-order valence-corrected chi connectivity index (χ0v) is 19.8. The summed E-state index contributed by atoms with van der Waals surface area (Å²) in [6.07, 6.45) is 8.98. The van der Waals surface area contributed by atoms with Gasteiger partial charge < -0.3 is 4.90 Å². The van der Waals surface area contributed by atoms with Crippen molar-refractivity contribution in [2.45, 2.75) is 70.8 Å². The molecule has 2 aromatic rings. The third kappa shape index (κ3) is 6.35. The molecule has 1 aliphatic rings. The molecule has 162 valence electrons. The van der Waals surface area contributed by atoms with Gasteiger partial charge in [-0.2, -0.15) is 0 Å². The maximum Gasteiger partial charge on any atom is 0.249 e. The number of nitrogens with one attached hydrogen (secondary N) is 1. The largest absolute Gasteiger partial charge is 0.331 e. The number of unbranched alkanes of at least 4 members (excludes halogenated alkanes) is 5. The Hall–Kier alpha value is -1.80. The maximum absolute atomic E-state index is 12.8. The van der Waals surface area contributed by atoms with Gasteiger partial charge in [-0.25, -0.2) is 0 Å². The summed E-state index contributed by atoms with van der Waals surface area (Å²) < 4.78 is 0.964. The van der Waals surface area contributed by atoms with Crippen LogP contribution >= 0.6 is 27.3 Å². The topological polar surface area (TPSA) is 75.2 Å². The summed E-state index contributed by atoms with van der Waals surface area (Å²) in [5.74, 6) is -0.0732. The quantitative estimate of drug-likeness (QED) is 0.434. The predicted molar refractivity (Wildman–Crippen MR) is 124 cm³/mol. The summed E-state index contributed by atoms with van der Waals surface area (Å²) >= 11 is 4.79. The van der Waals surface area contributed by atoms with Crippen molar-refractivity contribution in [3.05, 3.63) is 28.7 Å². The molecule has 0 saturated carbocycles. The minimum atomic E-state index is -0.407. The molecule has 1 aliphatic heterocycles. The molecule has 2 amide bonds. The summed E-state index contributed by atoms with van der Waals surface area (Å²) in [5, 5.41) is 12.4. The number of aromatic nitrogens is 2. The highest BCUT2D eigenvalue weighted by atomic mass is 79.9. The van der Waals surface area contributed by atoms with Crippen molar-refractivity contribution in [3.8, 4) is 10.6 Å². The smallest absolute Gasteiger partial charge is 0.249 e. The first-order valence-electron chi connectivity index (χ1n) is 10.8. The number of likely N-dealkylation sites (tertiary alicyclic amines) is 1. The van der Waals surface area contributed by atoms with Crippen molar-refractivity contribution in [3.63, 3.8) is 0 Å². The molecule has 1 fully saturated rings. The zero-order valence-electron chi connectivity index (χ0n) is 17.4. The molecule has 1 aromatic heterocycles. The first kappa shape index (κ1) is 22.9. The third-order valence-corrected chi connectivity index (χ3v) is 6.73. The van der Waals surface area contributed by atoms with Crippen LogP contribution in [0.3, 0.4) is 0 Å². The molecule has 0 bridgehead atoms. The van der Waals surface area contributed by atoms with Crippen LogP contribution < -0.4 is 5.32 Å². The normalized spacial score (nSPS) is 16.1. The van der Waals surface area contributed by atoms with E-state index in [1.807, 2.05) is 24.3 Å². The monoisotopic (exact) mass is 492 g/mol. The molecular formula is C22H29BrN4O2S. The van der Waals surface area contributed by atoms with Crippen LogP contribution in [0.5, 0.6) is 0 Å². The molecule has 0 radical (unpaired) electrons. The summed E-state index contributed by atoms with van der Waals surface area (Å²) in [5.41, 5.74) is 0.944. The molecule has 3 rings (SSSR count). The lowest BCUT2D eigenvalue weighted by Crippen LogP contribution is -2.43. The van der Waals surface area contributed by atoms with Gasteiger partial charge in [-0.05, 0) is 31.4 Å². The van der Waals surface area contributed by atoms with Crippen molar-refractivity contribution >= 4 is 44.2 Å². The molecule has 1 atom stereocenters. The molecule has 1 aromatic carbocycles. The van der Waals surface area contributed by atoms with Gasteiger partial charge in [-0.15, -0.1) is 10.2 Å². The van der Waals surface area contributed by atoms with E-state index in [0.29, 0.717) is 24.5 Å². The third-order valence-electron chi connectivity index (χ3n) is 5.35. The van der Waals surface area contributed by atoms with E-state index >= 15 is 0 Å².